The van der Waals surface area contributed by atoms with Gasteiger partial charge >= 0.3 is 0 Å². The number of aromatic nitrogens is 2. The monoisotopic (exact) mass is 377 g/mol. The maximum absolute atomic E-state index is 13.9. The minimum absolute atomic E-state index is 0.00301. The normalized spacial score (nSPS) is 23.5. The number of amides is 1. The third-order valence-corrected chi connectivity index (χ3v) is 6.13. The minimum Gasteiger partial charge on any atom is -0.355 e. The highest BCUT2D eigenvalue weighted by Gasteiger charge is 2.54. The molecule has 1 N–H and O–H groups in total. The zero-order chi connectivity index (χ0) is 18.1. The average Bonchev–Trinajstić information content (AvgIpc) is 3.35. The molecule has 26 heavy (non-hydrogen) atoms. The van der Waals surface area contributed by atoms with Gasteiger partial charge in [0.2, 0.25) is 11.8 Å². The molecule has 1 aliphatic carbocycles. The lowest BCUT2D eigenvalue weighted by Gasteiger charge is -2.28. The molecule has 0 radical (unpaired) electrons. The number of nitrogens with one attached hydrogen (secondary N) is 1. The smallest absolute Gasteiger partial charge is 0.242 e. The Morgan fingerprint density at radius 1 is 1.31 bits per heavy atom. The van der Waals surface area contributed by atoms with Gasteiger partial charge in [-0.25, -0.2) is 4.39 Å². The van der Waals surface area contributed by atoms with Gasteiger partial charge in [0.25, 0.3) is 0 Å². The number of hydrogen-bond acceptors (Lipinski definition) is 4. The van der Waals surface area contributed by atoms with E-state index in [1.807, 2.05) is 0 Å². The third-order valence-electron chi connectivity index (χ3n) is 5.77. The lowest BCUT2D eigenvalue weighted by Crippen LogP contribution is -2.41. The van der Waals surface area contributed by atoms with Gasteiger partial charge in [-0.1, -0.05) is 35.7 Å². The Kier molecular flexibility index (Phi) is 4.69. The van der Waals surface area contributed by atoms with Crippen LogP contribution < -0.4 is 5.32 Å². The molecule has 1 amide bonds. The molecule has 7 heteroatoms. The van der Waals surface area contributed by atoms with Crippen molar-refractivity contribution in [3.05, 3.63) is 46.3 Å². The molecular weight excluding hydrogens is 357 g/mol. The quantitative estimate of drug-likeness (QED) is 0.864. The van der Waals surface area contributed by atoms with Crippen LogP contribution in [0.1, 0.15) is 49.4 Å². The number of carbonyl (C=O) groups is 1. The number of nitrogens with zero attached hydrogens (tertiary/aromatic N) is 2. The van der Waals surface area contributed by atoms with E-state index in [9.17, 15) is 9.18 Å². The standard InChI is InChI=1S/C19H21ClFN3O2/c20-14-6-3-7-15(21)13(14)8-9-16-23-18(26-24-16)19(10-11-22-17(19)25)12-4-1-2-5-12/h3,6-7,12H,1-2,4-5,8-11H2,(H,22,25). The van der Waals surface area contributed by atoms with Gasteiger partial charge in [-0.3, -0.25) is 4.79 Å². The maximum atomic E-state index is 13.9. The molecule has 1 saturated heterocycles. The molecule has 0 bridgehead atoms. The van der Waals surface area contributed by atoms with E-state index in [2.05, 4.69) is 15.5 Å². The molecule has 2 fully saturated rings. The molecule has 1 atom stereocenters. The number of halogens is 2. The van der Waals surface area contributed by atoms with Crippen LogP contribution in [0.2, 0.25) is 5.02 Å². The van der Waals surface area contributed by atoms with Crippen molar-refractivity contribution in [2.24, 2.45) is 5.92 Å². The molecular formula is C19H21ClFN3O2. The zero-order valence-electron chi connectivity index (χ0n) is 14.4. The topological polar surface area (TPSA) is 68.0 Å². The van der Waals surface area contributed by atoms with E-state index in [-0.39, 0.29) is 17.6 Å². The second-order valence-electron chi connectivity index (χ2n) is 7.17. The van der Waals surface area contributed by atoms with Gasteiger partial charge in [-0.2, -0.15) is 4.98 Å². The van der Waals surface area contributed by atoms with E-state index in [0.29, 0.717) is 48.1 Å². The fourth-order valence-electron chi connectivity index (χ4n) is 4.38. The second-order valence-corrected chi connectivity index (χ2v) is 7.58. The number of aryl methyl sites for hydroxylation is 1. The molecule has 1 saturated carbocycles. The predicted molar refractivity (Wildman–Crippen MR) is 94.4 cm³/mol. The summed E-state index contributed by atoms with van der Waals surface area (Å²) in [5, 5.41) is 7.38. The predicted octanol–water partition coefficient (Wildman–Crippen LogP) is 3.60. The molecule has 1 aromatic carbocycles. The van der Waals surface area contributed by atoms with Crippen LogP contribution in [0, 0.1) is 11.7 Å². The highest BCUT2D eigenvalue weighted by atomic mass is 35.5. The van der Waals surface area contributed by atoms with Crippen LogP contribution in [0.4, 0.5) is 4.39 Å². The van der Waals surface area contributed by atoms with Gasteiger partial charge < -0.3 is 9.84 Å². The van der Waals surface area contributed by atoms with Gasteiger partial charge in [0.15, 0.2) is 5.82 Å². The molecule has 2 aromatic rings. The van der Waals surface area contributed by atoms with Crippen LogP contribution in [-0.2, 0) is 23.1 Å². The van der Waals surface area contributed by atoms with Gasteiger partial charge in [0.1, 0.15) is 11.2 Å². The number of benzene rings is 1. The fourth-order valence-corrected chi connectivity index (χ4v) is 4.63. The Morgan fingerprint density at radius 3 is 2.81 bits per heavy atom. The van der Waals surface area contributed by atoms with Crippen molar-refractivity contribution in [2.45, 2.75) is 50.4 Å². The van der Waals surface area contributed by atoms with Crippen LogP contribution in [0.5, 0.6) is 0 Å². The summed E-state index contributed by atoms with van der Waals surface area (Å²) in [7, 11) is 0. The van der Waals surface area contributed by atoms with E-state index in [1.165, 1.54) is 6.07 Å². The Bertz CT molecular complexity index is 799. The van der Waals surface area contributed by atoms with Crippen LogP contribution in [-0.4, -0.2) is 22.6 Å². The summed E-state index contributed by atoms with van der Waals surface area (Å²) < 4.78 is 19.5. The summed E-state index contributed by atoms with van der Waals surface area (Å²) in [5.41, 5.74) is -0.248. The van der Waals surface area contributed by atoms with Crippen molar-refractivity contribution in [2.75, 3.05) is 6.54 Å². The molecule has 2 aliphatic rings. The summed E-state index contributed by atoms with van der Waals surface area (Å²) in [6.45, 7) is 0.637. The number of hydrogen-bond donors (Lipinski definition) is 1. The van der Waals surface area contributed by atoms with Gasteiger partial charge in [0, 0.05) is 23.6 Å². The molecule has 2 heterocycles. The van der Waals surface area contributed by atoms with E-state index in [0.717, 1.165) is 25.7 Å². The van der Waals surface area contributed by atoms with E-state index in [1.54, 1.807) is 12.1 Å². The summed E-state index contributed by atoms with van der Waals surface area (Å²) in [5.74, 6) is 0.806. The van der Waals surface area contributed by atoms with Gasteiger partial charge in [-0.15, -0.1) is 0 Å². The first-order valence-electron chi connectivity index (χ1n) is 9.15. The lowest BCUT2D eigenvalue weighted by atomic mass is 9.73. The van der Waals surface area contributed by atoms with Crippen LogP contribution >= 0.6 is 11.6 Å². The summed E-state index contributed by atoms with van der Waals surface area (Å²) >= 11 is 6.07. The van der Waals surface area contributed by atoms with E-state index >= 15 is 0 Å². The first-order valence-corrected chi connectivity index (χ1v) is 9.53. The molecule has 5 nitrogen and oxygen atoms in total. The first kappa shape index (κ1) is 17.5. The first-order chi connectivity index (χ1) is 12.6. The third kappa shape index (κ3) is 2.90. The minimum atomic E-state index is -0.697. The summed E-state index contributed by atoms with van der Waals surface area (Å²) in [6, 6.07) is 4.64. The Morgan fingerprint density at radius 2 is 2.12 bits per heavy atom. The molecule has 0 spiro atoms. The van der Waals surface area contributed by atoms with Gasteiger partial charge in [0.05, 0.1) is 0 Å². The van der Waals surface area contributed by atoms with E-state index < -0.39 is 5.41 Å². The van der Waals surface area contributed by atoms with Crippen molar-refractivity contribution in [3.8, 4) is 0 Å². The Hall–Kier alpha value is -1.95. The molecule has 1 unspecified atom stereocenters. The number of rotatable bonds is 5. The van der Waals surface area contributed by atoms with Crippen molar-refractivity contribution < 1.29 is 13.7 Å². The van der Waals surface area contributed by atoms with Crippen LogP contribution in [0.15, 0.2) is 22.7 Å². The van der Waals surface area contributed by atoms with Crippen LogP contribution in [0.25, 0.3) is 0 Å². The lowest BCUT2D eigenvalue weighted by molar-refractivity contribution is -0.126. The fraction of sp³-hybridized carbons (Fsp3) is 0.526. The maximum Gasteiger partial charge on any atom is 0.242 e. The second kappa shape index (κ2) is 6.99. The number of carbonyl (C=O) groups excluding carboxylic acids is 1. The molecule has 1 aromatic heterocycles. The summed E-state index contributed by atoms with van der Waals surface area (Å²) in [6.07, 6.45) is 5.77. The van der Waals surface area contributed by atoms with E-state index in [4.69, 9.17) is 16.1 Å². The highest BCUT2D eigenvalue weighted by molar-refractivity contribution is 6.31. The Labute approximate surface area is 156 Å². The van der Waals surface area contributed by atoms with Crippen molar-refractivity contribution in [1.82, 2.24) is 15.5 Å². The van der Waals surface area contributed by atoms with Crippen molar-refractivity contribution in [3.63, 3.8) is 0 Å². The van der Waals surface area contributed by atoms with Crippen molar-refractivity contribution in [1.29, 1.82) is 0 Å². The zero-order valence-corrected chi connectivity index (χ0v) is 15.2. The molecule has 4 rings (SSSR count). The molecule has 138 valence electrons. The SMILES string of the molecule is O=C1NCCC1(c1nc(CCc2c(F)cccc2Cl)no1)C1CCCC1. The van der Waals surface area contributed by atoms with Gasteiger partial charge in [-0.05, 0) is 43.7 Å². The average molecular weight is 378 g/mol. The Balaban J connectivity index is 1.56. The molecule has 1 aliphatic heterocycles. The highest BCUT2D eigenvalue weighted by Crippen LogP contribution is 2.46. The summed E-state index contributed by atoms with van der Waals surface area (Å²) in [4.78, 5) is 17.2. The largest absolute Gasteiger partial charge is 0.355 e. The van der Waals surface area contributed by atoms with Crippen LogP contribution in [0.3, 0.4) is 0 Å². The van der Waals surface area contributed by atoms with Crippen molar-refractivity contribution >= 4 is 17.5 Å².